The summed E-state index contributed by atoms with van der Waals surface area (Å²) in [5, 5.41) is 145. The summed E-state index contributed by atoms with van der Waals surface area (Å²) in [6.45, 7) is -0.0777. The molecule has 12 N–H and O–H groups in total. The monoisotopic (exact) mass is 746 g/mol. The van der Waals surface area contributed by atoms with E-state index in [1.807, 2.05) is 0 Å². The van der Waals surface area contributed by atoms with Gasteiger partial charge in [0, 0.05) is 38.2 Å². The molecule has 25 heteroatoms. The van der Waals surface area contributed by atoms with Crippen molar-refractivity contribution in [2.45, 2.75) is 131 Å². The van der Waals surface area contributed by atoms with Crippen LogP contribution in [0, 0.1) is 0 Å². The first kappa shape index (κ1) is 38.5. The van der Waals surface area contributed by atoms with Crippen LogP contribution in [-0.4, -0.2) is 203 Å². The van der Waals surface area contributed by atoms with E-state index in [4.69, 9.17) is 14.2 Å². The summed E-state index contributed by atoms with van der Waals surface area (Å²) in [4.78, 5) is 1.80. The number of rotatable bonds is 12. The Kier molecular flexibility index (Phi) is 11.9. The topological polar surface area (TPSA) is 366 Å². The molecule has 9 unspecified atom stereocenters. The van der Waals surface area contributed by atoms with Gasteiger partial charge < -0.3 is 75.5 Å². The summed E-state index contributed by atoms with van der Waals surface area (Å²) in [5.41, 5.74) is 1.23. The Morgan fingerprint density at radius 1 is 0.423 bits per heavy atom. The quantitative estimate of drug-likeness (QED) is 0.0818. The van der Waals surface area contributed by atoms with E-state index in [-0.39, 0.29) is 39.3 Å². The van der Waals surface area contributed by atoms with Crippen LogP contribution in [0.15, 0.2) is 18.6 Å². The molecule has 3 fully saturated rings. The van der Waals surface area contributed by atoms with Crippen LogP contribution >= 0.6 is 0 Å². The molecule has 0 amide bonds. The van der Waals surface area contributed by atoms with E-state index in [9.17, 15) is 61.3 Å². The van der Waals surface area contributed by atoms with Gasteiger partial charge in [0.15, 0.2) is 18.9 Å². The second-order valence-electron chi connectivity index (χ2n) is 13.1. The lowest BCUT2D eigenvalue weighted by Crippen LogP contribution is -2.58. The molecular formula is C27H42N10O15. The maximum absolute atomic E-state index is 10.3. The van der Waals surface area contributed by atoms with Crippen molar-refractivity contribution in [3.05, 3.63) is 35.7 Å². The SMILES string of the molecule is OC1OC(Cn2cc(CN(Cc3cn(CC4OC(O)C(O)[C@@H](O)[C@H]4O)nn3)Cc3cn(CC4OC(O)C(O)[C@@H](O)[C@H]4O)nn3)nn2)[C@H](O)[C@H](O)C1O. The predicted octanol–water partition coefficient (Wildman–Crippen LogP) is -8.94. The van der Waals surface area contributed by atoms with E-state index in [0.717, 1.165) is 0 Å². The summed E-state index contributed by atoms with van der Waals surface area (Å²) in [5.74, 6) is 0. The summed E-state index contributed by atoms with van der Waals surface area (Å²) in [7, 11) is 0. The minimum atomic E-state index is -1.73. The average Bonchev–Trinajstić information content (AvgIpc) is 3.87. The maximum Gasteiger partial charge on any atom is 0.184 e. The molecule has 0 radical (unpaired) electrons. The van der Waals surface area contributed by atoms with Crippen LogP contribution in [0.3, 0.4) is 0 Å². The first-order valence-electron chi connectivity index (χ1n) is 16.2. The van der Waals surface area contributed by atoms with Crippen molar-refractivity contribution in [1.29, 1.82) is 0 Å². The molecular weight excluding hydrogens is 704 g/mol. The van der Waals surface area contributed by atoms with Gasteiger partial charge in [-0.1, -0.05) is 15.6 Å². The minimum Gasteiger partial charge on any atom is -0.388 e. The van der Waals surface area contributed by atoms with Crippen molar-refractivity contribution in [3.63, 3.8) is 0 Å². The van der Waals surface area contributed by atoms with Crippen LogP contribution in [-0.2, 0) is 53.5 Å². The number of nitrogens with zero attached hydrogens (tertiary/aromatic N) is 10. The second-order valence-corrected chi connectivity index (χ2v) is 13.1. The number of ether oxygens (including phenoxy) is 3. The first-order chi connectivity index (χ1) is 24.7. The zero-order valence-electron chi connectivity index (χ0n) is 27.2. The molecule has 15 atom stereocenters. The van der Waals surface area contributed by atoms with Crippen molar-refractivity contribution in [3.8, 4) is 0 Å². The molecule has 0 aromatic carbocycles. The normalized spacial score (nSPS) is 38.6. The summed E-state index contributed by atoms with van der Waals surface area (Å²) in [6, 6.07) is 0. The predicted molar refractivity (Wildman–Crippen MR) is 160 cm³/mol. The lowest BCUT2D eigenvalue weighted by Gasteiger charge is -2.38. The third-order valence-corrected chi connectivity index (χ3v) is 9.08. The standard InChI is InChI=1S/C27H42N10O15/c38-16-13(50-25(47)22(44)19(16)41)7-35-4-10(28-31-35)1-34(2-11-5-36(32-29-11)8-14-17(39)20(42)23(45)26(48)51-14)3-12-6-37(33-30-12)9-15-18(40)21(43)24(46)27(49)52-15/h4-6,13-27,38-49H,1-3,7-9H2/t13?,14?,15?,16-,17-,18-,19-,20-,21-,22?,23?,24?,25?,26?,27?/m0/s1. The zero-order chi connectivity index (χ0) is 37.4. The Morgan fingerprint density at radius 2 is 0.692 bits per heavy atom. The van der Waals surface area contributed by atoms with Crippen LogP contribution in [0.1, 0.15) is 17.1 Å². The number of hydrogen-bond acceptors (Lipinski definition) is 22. The zero-order valence-corrected chi connectivity index (χ0v) is 27.2. The van der Waals surface area contributed by atoms with Gasteiger partial charge in [0.25, 0.3) is 0 Å². The summed E-state index contributed by atoms with van der Waals surface area (Å²) < 4.78 is 19.6. The molecule has 3 aliphatic rings. The fourth-order valence-corrected chi connectivity index (χ4v) is 6.15. The molecule has 3 aromatic heterocycles. The van der Waals surface area contributed by atoms with Gasteiger partial charge in [-0.05, 0) is 0 Å². The molecule has 52 heavy (non-hydrogen) atoms. The molecule has 0 bridgehead atoms. The molecule has 3 aliphatic heterocycles. The molecule has 6 heterocycles. The lowest BCUT2D eigenvalue weighted by molar-refractivity contribution is -0.284. The van der Waals surface area contributed by atoms with Gasteiger partial charge in [0.05, 0.1) is 36.7 Å². The summed E-state index contributed by atoms with van der Waals surface area (Å²) in [6.07, 6.45) is -18.6. The highest BCUT2D eigenvalue weighted by molar-refractivity contribution is 5.01. The lowest BCUT2D eigenvalue weighted by atomic mass is 9.99. The highest BCUT2D eigenvalue weighted by Gasteiger charge is 2.45. The van der Waals surface area contributed by atoms with Gasteiger partial charge >= 0.3 is 0 Å². The first-order valence-corrected chi connectivity index (χ1v) is 16.2. The molecule has 0 aliphatic carbocycles. The van der Waals surface area contributed by atoms with Crippen molar-refractivity contribution >= 4 is 0 Å². The highest BCUT2D eigenvalue weighted by atomic mass is 16.6. The van der Waals surface area contributed by atoms with Crippen LogP contribution in [0.4, 0.5) is 0 Å². The van der Waals surface area contributed by atoms with Gasteiger partial charge in [-0.2, -0.15) is 0 Å². The fourth-order valence-electron chi connectivity index (χ4n) is 6.15. The number of hydrogen-bond donors (Lipinski definition) is 12. The van der Waals surface area contributed by atoms with Crippen molar-refractivity contribution in [2.24, 2.45) is 0 Å². The number of aliphatic hydroxyl groups is 12. The smallest absolute Gasteiger partial charge is 0.184 e. The second kappa shape index (κ2) is 16.0. The van der Waals surface area contributed by atoms with Gasteiger partial charge in [0.1, 0.15) is 73.2 Å². The van der Waals surface area contributed by atoms with Gasteiger partial charge in [-0.15, -0.1) is 15.3 Å². The largest absolute Gasteiger partial charge is 0.388 e. The molecule has 0 saturated carbocycles. The highest BCUT2D eigenvalue weighted by Crippen LogP contribution is 2.24. The Morgan fingerprint density at radius 3 is 0.962 bits per heavy atom. The number of aromatic nitrogens is 9. The Bertz CT molecular complexity index is 1420. The Balaban J connectivity index is 1.15. The minimum absolute atomic E-state index is 0.110. The van der Waals surface area contributed by atoms with Crippen molar-refractivity contribution in [2.75, 3.05) is 0 Å². The Hall–Kier alpha value is -3.22. The van der Waals surface area contributed by atoms with E-state index in [1.54, 1.807) is 4.90 Å². The van der Waals surface area contributed by atoms with Gasteiger partial charge in [0.2, 0.25) is 0 Å². The molecule has 3 saturated heterocycles. The van der Waals surface area contributed by atoms with E-state index >= 15 is 0 Å². The molecule has 3 aromatic rings. The number of aliphatic hydroxyl groups excluding tert-OH is 12. The average molecular weight is 747 g/mol. The molecule has 25 nitrogen and oxygen atoms in total. The van der Waals surface area contributed by atoms with E-state index in [1.165, 1.54) is 32.6 Å². The van der Waals surface area contributed by atoms with E-state index < -0.39 is 92.1 Å². The van der Waals surface area contributed by atoms with E-state index in [2.05, 4.69) is 30.9 Å². The van der Waals surface area contributed by atoms with Crippen LogP contribution in [0.25, 0.3) is 0 Å². The third-order valence-electron chi connectivity index (χ3n) is 9.08. The van der Waals surface area contributed by atoms with Crippen molar-refractivity contribution in [1.82, 2.24) is 49.9 Å². The Labute approximate surface area is 292 Å². The van der Waals surface area contributed by atoms with Crippen molar-refractivity contribution < 1.29 is 75.5 Å². The third kappa shape index (κ3) is 8.44. The van der Waals surface area contributed by atoms with E-state index in [0.29, 0.717) is 17.1 Å². The van der Waals surface area contributed by atoms with Crippen LogP contribution < -0.4 is 0 Å². The molecule has 0 spiro atoms. The van der Waals surface area contributed by atoms with Gasteiger partial charge in [-0.3, -0.25) is 4.90 Å². The van der Waals surface area contributed by atoms with Gasteiger partial charge in [-0.25, -0.2) is 14.0 Å². The molecule has 6 rings (SSSR count). The fraction of sp³-hybridized carbons (Fsp3) is 0.778. The molecule has 290 valence electrons. The van der Waals surface area contributed by atoms with Crippen LogP contribution in [0.5, 0.6) is 0 Å². The van der Waals surface area contributed by atoms with Crippen LogP contribution in [0.2, 0.25) is 0 Å². The summed E-state index contributed by atoms with van der Waals surface area (Å²) >= 11 is 0. The maximum atomic E-state index is 10.3.